The van der Waals surface area contributed by atoms with Gasteiger partial charge in [-0.15, -0.1) is 0 Å². The highest BCUT2D eigenvalue weighted by molar-refractivity contribution is 5.71. The maximum absolute atomic E-state index is 12.8. The van der Waals surface area contributed by atoms with E-state index >= 15 is 0 Å². The molecule has 356 valence electrons. The van der Waals surface area contributed by atoms with Crippen molar-refractivity contribution in [3.63, 3.8) is 0 Å². The van der Waals surface area contributed by atoms with Crippen molar-refractivity contribution in [2.45, 2.75) is 284 Å². The lowest BCUT2D eigenvalue weighted by atomic mass is 10.0. The Kier molecular flexibility index (Phi) is 48.3. The van der Waals surface area contributed by atoms with Gasteiger partial charge in [0.05, 0.1) is 0 Å². The number of allylic oxidation sites excluding steroid dienone is 6. The van der Waals surface area contributed by atoms with Gasteiger partial charge in [0.2, 0.25) is 0 Å². The first-order chi connectivity index (χ1) is 30.0. The van der Waals surface area contributed by atoms with E-state index in [0.29, 0.717) is 19.3 Å². The molecule has 0 saturated carbocycles. The topological polar surface area (TPSA) is 78.9 Å². The number of hydrogen-bond acceptors (Lipinski definition) is 6. The number of rotatable bonds is 48. The fourth-order valence-electron chi connectivity index (χ4n) is 7.59. The third-order valence-corrected chi connectivity index (χ3v) is 11.6. The van der Waals surface area contributed by atoms with Gasteiger partial charge < -0.3 is 14.2 Å². The van der Waals surface area contributed by atoms with Crippen molar-refractivity contribution >= 4 is 17.9 Å². The molecule has 1 atom stereocenters. The molecule has 0 N–H and O–H groups in total. The zero-order chi connectivity index (χ0) is 44.4. The standard InChI is InChI=1S/C55H100O6/c1-4-7-10-13-16-19-22-24-26-27-29-30-33-36-39-42-45-48-54(57)60-51-52(50-59-53(56)47-44-41-38-35-32-21-18-15-12-9-6-3)61-55(58)49-46-43-40-37-34-31-28-25-23-20-17-14-11-8-5-2/h15,18,21,24,26,32,52H,4-14,16-17,19-20,22-23,25,27-31,33-51H2,1-3H3/b18-15-,26-24-,32-21-. The Hall–Kier alpha value is -2.37. The summed E-state index contributed by atoms with van der Waals surface area (Å²) in [4.78, 5) is 37.9. The van der Waals surface area contributed by atoms with Crippen molar-refractivity contribution < 1.29 is 28.6 Å². The van der Waals surface area contributed by atoms with Crippen LogP contribution in [-0.4, -0.2) is 37.2 Å². The first-order valence-electron chi connectivity index (χ1n) is 26.5. The first kappa shape index (κ1) is 58.6. The minimum Gasteiger partial charge on any atom is -0.462 e. The average molecular weight is 857 g/mol. The fourth-order valence-corrected chi connectivity index (χ4v) is 7.59. The van der Waals surface area contributed by atoms with Crippen LogP contribution in [0, 0.1) is 0 Å². The van der Waals surface area contributed by atoms with Crippen molar-refractivity contribution in [1.82, 2.24) is 0 Å². The van der Waals surface area contributed by atoms with Gasteiger partial charge in [-0.3, -0.25) is 14.4 Å². The van der Waals surface area contributed by atoms with E-state index in [9.17, 15) is 14.4 Å². The van der Waals surface area contributed by atoms with Crippen LogP contribution in [0.1, 0.15) is 278 Å². The third kappa shape index (κ3) is 48.5. The van der Waals surface area contributed by atoms with Crippen molar-refractivity contribution in [3.8, 4) is 0 Å². The summed E-state index contributed by atoms with van der Waals surface area (Å²) in [5.41, 5.74) is 0. The first-order valence-corrected chi connectivity index (χ1v) is 26.5. The molecule has 0 saturated heterocycles. The molecule has 0 aromatic rings. The van der Waals surface area contributed by atoms with E-state index in [1.807, 2.05) is 0 Å². The Labute approximate surface area is 378 Å². The zero-order valence-electron chi connectivity index (χ0n) is 40.7. The van der Waals surface area contributed by atoms with Crippen molar-refractivity contribution in [3.05, 3.63) is 36.5 Å². The van der Waals surface area contributed by atoms with E-state index in [4.69, 9.17) is 14.2 Å². The lowest BCUT2D eigenvalue weighted by Gasteiger charge is -2.18. The normalized spacial score (nSPS) is 12.2. The molecule has 6 heteroatoms. The van der Waals surface area contributed by atoms with Gasteiger partial charge in [-0.05, 0) is 64.2 Å². The largest absolute Gasteiger partial charge is 0.462 e. The molecular formula is C55H100O6. The summed E-state index contributed by atoms with van der Waals surface area (Å²) in [6.45, 7) is 6.58. The number of unbranched alkanes of at least 4 members (excludes halogenated alkanes) is 32. The van der Waals surface area contributed by atoms with Crippen LogP contribution in [0.5, 0.6) is 0 Å². The van der Waals surface area contributed by atoms with Crippen molar-refractivity contribution in [2.75, 3.05) is 13.2 Å². The highest BCUT2D eigenvalue weighted by Crippen LogP contribution is 2.16. The van der Waals surface area contributed by atoms with Gasteiger partial charge >= 0.3 is 17.9 Å². The average Bonchev–Trinajstić information content (AvgIpc) is 3.26. The van der Waals surface area contributed by atoms with Crippen molar-refractivity contribution in [1.29, 1.82) is 0 Å². The van der Waals surface area contributed by atoms with Crippen LogP contribution in [0.15, 0.2) is 36.5 Å². The summed E-state index contributed by atoms with van der Waals surface area (Å²) >= 11 is 0. The molecule has 0 aromatic heterocycles. The SMILES string of the molecule is CCCC/C=C\C=C/CCCCCC(=O)OCC(COC(=O)CCCCCCCCC/C=C\CCCCCCCC)OC(=O)CCCCCCCCCCCCCCCCC. The molecular weight excluding hydrogens is 757 g/mol. The molecule has 0 aliphatic heterocycles. The fraction of sp³-hybridized carbons (Fsp3) is 0.836. The second kappa shape index (κ2) is 50.3. The maximum atomic E-state index is 12.8. The monoisotopic (exact) mass is 857 g/mol. The molecule has 0 aliphatic carbocycles. The Bertz CT molecular complexity index is 1030. The smallest absolute Gasteiger partial charge is 0.306 e. The minimum atomic E-state index is -0.780. The summed E-state index contributed by atoms with van der Waals surface area (Å²) < 4.78 is 16.8. The van der Waals surface area contributed by atoms with Gasteiger partial charge in [0.25, 0.3) is 0 Å². The Morgan fingerprint density at radius 3 is 0.984 bits per heavy atom. The molecule has 0 radical (unpaired) electrons. The molecule has 0 aromatic carbocycles. The quantitative estimate of drug-likeness (QED) is 0.0199. The molecule has 0 heterocycles. The van der Waals surface area contributed by atoms with Gasteiger partial charge in [0, 0.05) is 19.3 Å². The van der Waals surface area contributed by atoms with Gasteiger partial charge in [-0.25, -0.2) is 0 Å². The summed E-state index contributed by atoms with van der Waals surface area (Å²) in [5.74, 6) is -0.901. The van der Waals surface area contributed by atoms with Gasteiger partial charge in [-0.1, -0.05) is 231 Å². The molecule has 0 amide bonds. The summed E-state index contributed by atoms with van der Waals surface area (Å²) in [5, 5.41) is 0. The highest BCUT2D eigenvalue weighted by atomic mass is 16.6. The number of hydrogen-bond donors (Lipinski definition) is 0. The summed E-state index contributed by atoms with van der Waals surface area (Å²) in [6, 6.07) is 0. The lowest BCUT2D eigenvalue weighted by molar-refractivity contribution is -0.167. The Balaban J connectivity index is 4.35. The number of ether oxygens (including phenoxy) is 3. The maximum Gasteiger partial charge on any atom is 0.306 e. The highest BCUT2D eigenvalue weighted by Gasteiger charge is 2.19. The molecule has 1 unspecified atom stereocenters. The zero-order valence-corrected chi connectivity index (χ0v) is 40.7. The second-order valence-corrected chi connectivity index (χ2v) is 17.8. The van der Waals surface area contributed by atoms with Crippen LogP contribution in [0.3, 0.4) is 0 Å². The summed E-state index contributed by atoms with van der Waals surface area (Å²) in [7, 11) is 0. The lowest BCUT2D eigenvalue weighted by Crippen LogP contribution is -2.30. The second-order valence-electron chi connectivity index (χ2n) is 17.8. The van der Waals surface area contributed by atoms with Crippen LogP contribution in [0.4, 0.5) is 0 Å². The van der Waals surface area contributed by atoms with E-state index in [1.54, 1.807) is 0 Å². The van der Waals surface area contributed by atoms with Crippen LogP contribution < -0.4 is 0 Å². The predicted octanol–water partition coefficient (Wildman–Crippen LogP) is 17.3. The van der Waals surface area contributed by atoms with Crippen LogP contribution in [0.25, 0.3) is 0 Å². The summed E-state index contributed by atoms with van der Waals surface area (Å²) in [6.07, 6.45) is 58.4. The molecule has 61 heavy (non-hydrogen) atoms. The molecule has 0 spiro atoms. The number of carbonyl (C=O) groups excluding carboxylic acids is 3. The molecule has 0 rings (SSSR count). The molecule has 0 bridgehead atoms. The predicted molar refractivity (Wildman–Crippen MR) is 261 cm³/mol. The van der Waals surface area contributed by atoms with Crippen molar-refractivity contribution in [2.24, 2.45) is 0 Å². The number of esters is 3. The van der Waals surface area contributed by atoms with Gasteiger partial charge in [0.15, 0.2) is 6.10 Å². The molecule has 6 nitrogen and oxygen atoms in total. The van der Waals surface area contributed by atoms with E-state index < -0.39 is 6.10 Å². The molecule has 0 fully saturated rings. The van der Waals surface area contributed by atoms with Crippen LogP contribution in [-0.2, 0) is 28.6 Å². The van der Waals surface area contributed by atoms with Crippen LogP contribution in [0.2, 0.25) is 0 Å². The third-order valence-electron chi connectivity index (χ3n) is 11.6. The van der Waals surface area contributed by atoms with E-state index in [1.165, 1.54) is 167 Å². The van der Waals surface area contributed by atoms with Gasteiger partial charge in [0.1, 0.15) is 13.2 Å². The van der Waals surface area contributed by atoms with E-state index in [0.717, 1.165) is 70.6 Å². The molecule has 0 aliphatic rings. The Morgan fingerprint density at radius 2 is 0.607 bits per heavy atom. The van der Waals surface area contributed by atoms with E-state index in [-0.39, 0.29) is 31.1 Å². The van der Waals surface area contributed by atoms with Crippen LogP contribution >= 0.6 is 0 Å². The Morgan fingerprint density at radius 1 is 0.328 bits per heavy atom. The number of carbonyl (C=O) groups is 3. The van der Waals surface area contributed by atoms with E-state index in [2.05, 4.69) is 57.2 Å². The minimum absolute atomic E-state index is 0.0800. The van der Waals surface area contributed by atoms with Gasteiger partial charge in [-0.2, -0.15) is 0 Å².